The summed E-state index contributed by atoms with van der Waals surface area (Å²) in [6.07, 6.45) is 2.21. The molecule has 1 aliphatic heterocycles. The highest BCUT2D eigenvalue weighted by Crippen LogP contribution is 2.36. The van der Waals surface area contributed by atoms with Crippen molar-refractivity contribution in [3.05, 3.63) is 83.9 Å². The number of fused-ring (bicyclic) bond motifs is 1. The van der Waals surface area contributed by atoms with E-state index in [1.54, 1.807) is 0 Å². The molecule has 2 aliphatic rings. The van der Waals surface area contributed by atoms with Crippen molar-refractivity contribution in [2.24, 2.45) is 5.92 Å². The van der Waals surface area contributed by atoms with E-state index >= 15 is 0 Å². The lowest BCUT2D eigenvalue weighted by Crippen LogP contribution is -2.46. The van der Waals surface area contributed by atoms with Crippen LogP contribution in [0.15, 0.2) is 72.8 Å². The number of hydrogen-bond acceptors (Lipinski definition) is 3. The third-order valence-corrected chi connectivity index (χ3v) is 6.77. The minimum absolute atomic E-state index is 0.0623. The summed E-state index contributed by atoms with van der Waals surface area (Å²) in [6, 6.07) is 22.0. The summed E-state index contributed by atoms with van der Waals surface area (Å²) < 4.78 is 0. The van der Waals surface area contributed by atoms with Crippen LogP contribution in [-0.4, -0.2) is 40.2 Å². The van der Waals surface area contributed by atoms with Crippen molar-refractivity contribution in [3.8, 4) is 0 Å². The van der Waals surface area contributed by atoms with Crippen molar-refractivity contribution in [1.82, 2.24) is 15.1 Å². The van der Waals surface area contributed by atoms with Crippen LogP contribution in [0, 0.1) is 5.92 Å². The van der Waals surface area contributed by atoms with E-state index in [1.165, 1.54) is 0 Å². The van der Waals surface area contributed by atoms with Crippen LogP contribution >= 0.6 is 0 Å². The fourth-order valence-corrected chi connectivity index (χ4v) is 4.68. The summed E-state index contributed by atoms with van der Waals surface area (Å²) in [5, 5.41) is 4.70. The van der Waals surface area contributed by atoms with Crippen LogP contribution in [0.25, 0.3) is 10.8 Å². The number of amides is 4. The van der Waals surface area contributed by atoms with Crippen molar-refractivity contribution >= 4 is 28.6 Å². The zero-order chi connectivity index (χ0) is 22.9. The molecule has 6 heteroatoms. The van der Waals surface area contributed by atoms with Crippen LogP contribution in [0.3, 0.4) is 0 Å². The smallest absolute Gasteiger partial charge is 0.325 e. The third-order valence-electron chi connectivity index (χ3n) is 6.77. The van der Waals surface area contributed by atoms with Gasteiger partial charge < -0.3 is 10.2 Å². The molecule has 1 saturated carbocycles. The Morgan fingerprint density at radius 1 is 1.00 bits per heavy atom. The van der Waals surface area contributed by atoms with Gasteiger partial charge in [-0.05, 0) is 47.6 Å². The standard InChI is InChI=1S/C27H27N3O3/c1-18(20-14-15-20)29(16-19-8-3-2-4-9-19)24(31)17-30-26(32)25(28-27(30)33)23-13-7-11-21-10-5-6-12-22(21)23/h2-13,18,20,25H,14-17H2,1H3,(H,28,33). The second kappa shape index (κ2) is 8.70. The Morgan fingerprint density at radius 3 is 2.45 bits per heavy atom. The summed E-state index contributed by atoms with van der Waals surface area (Å²) in [7, 11) is 0. The number of nitrogens with one attached hydrogen (secondary N) is 1. The molecule has 168 valence electrons. The first-order valence-electron chi connectivity index (χ1n) is 11.5. The number of nitrogens with zero attached hydrogens (tertiary/aromatic N) is 2. The first-order valence-corrected chi connectivity index (χ1v) is 11.5. The number of benzene rings is 3. The lowest BCUT2D eigenvalue weighted by atomic mass is 9.99. The molecule has 6 nitrogen and oxygen atoms in total. The van der Waals surface area contributed by atoms with Gasteiger partial charge in [0, 0.05) is 12.6 Å². The Labute approximate surface area is 193 Å². The topological polar surface area (TPSA) is 69.7 Å². The largest absolute Gasteiger partial charge is 0.334 e. The highest BCUT2D eigenvalue weighted by Gasteiger charge is 2.42. The minimum atomic E-state index is -0.792. The molecule has 2 unspecified atom stereocenters. The Balaban J connectivity index is 1.36. The summed E-state index contributed by atoms with van der Waals surface area (Å²) in [4.78, 5) is 42.3. The maximum atomic E-state index is 13.4. The van der Waals surface area contributed by atoms with Crippen molar-refractivity contribution in [2.75, 3.05) is 6.54 Å². The van der Waals surface area contributed by atoms with Gasteiger partial charge >= 0.3 is 6.03 Å². The first-order chi connectivity index (χ1) is 16.0. The highest BCUT2D eigenvalue weighted by molar-refractivity contribution is 6.08. The molecular weight excluding hydrogens is 414 g/mol. The predicted octanol–water partition coefficient (Wildman–Crippen LogP) is 4.26. The molecule has 4 amide bonds. The quantitative estimate of drug-likeness (QED) is 0.557. The van der Waals surface area contributed by atoms with Crippen LogP contribution in [0.5, 0.6) is 0 Å². The molecule has 0 radical (unpaired) electrons. The fraction of sp³-hybridized carbons (Fsp3) is 0.296. The third kappa shape index (κ3) is 4.21. The van der Waals surface area contributed by atoms with E-state index in [4.69, 9.17) is 0 Å². The van der Waals surface area contributed by atoms with Gasteiger partial charge in [0.1, 0.15) is 12.6 Å². The number of imide groups is 1. The number of rotatable bonds is 7. The average Bonchev–Trinajstić information content (AvgIpc) is 3.65. The van der Waals surface area contributed by atoms with Gasteiger partial charge in [-0.2, -0.15) is 0 Å². The van der Waals surface area contributed by atoms with Crippen LogP contribution in [-0.2, 0) is 16.1 Å². The van der Waals surface area contributed by atoms with Gasteiger partial charge in [0.25, 0.3) is 5.91 Å². The van der Waals surface area contributed by atoms with Crippen molar-refractivity contribution in [2.45, 2.75) is 38.4 Å². The average molecular weight is 442 g/mol. The van der Waals surface area contributed by atoms with Gasteiger partial charge in [0.05, 0.1) is 0 Å². The lowest BCUT2D eigenvalue weighted by Gasteiger charge is -2.30. The summed E-state index contributed by atoms with van der Waals surface area (Å²) in [6.45, 7) is 2.27. The Kier molecular flexibility index (Phi) is 5.58. The second-order valence-corrected chi connectivity index (χ2v) is 8.96. The van der Waals surface area contributed by atoms with E-state index in [-0.39, 0.29) is 24.4 Å². The lowest BCUT2D eigenvalue weighted by molar-refractivity contribution is -0.139. The molecule has 0 aromatic heterocycles. The molecule has 1 N–H and O–H groups in total. The molecule has 0 bridgehead atoms. The molecule has 33 heavy (non-hydrogen) atoms. The fourth-order valence-electron chi connectivity index (χ4n) is 4.68. The van der Waals surface area contributed by atoms with Gasteiger partial charge in [-0.25, -0.2) is 4.79 Å². The minimum Gasteiger partial charge on any atom is -0.334 e. The van der Waals surface area contributed by atoms with Gasteiger partial charge in [0.2, 0.25) is 5.91 Å². The van der Waals surface area contributed by atoms with E-state index in [2.05, 4.69) is 12.2 Å². The van der Waals surface area contributed by atoms with Gasteiger partial charge in [-0.15, -0.1) is 0 Å². The number of hydrogen-bond donors (Lipinski definition) is 1. The number of carbonyl (C=O) groups excluding carboxylic acids is 3. The Morgan fingerprint density at radius 2 is 1.70 bits per heavy atom. The molecule has 2 atom stereocenters. The zero-order valence-electron chi connectivity index (χ0n) is 18.6. The number of urea groups is 1. The van der Waals surface area contributed by atoms with E-state index in [0.29, 0.717) is 12.5 Å². The van der Waals surface area contributed by atoms with Crippen LogP contribution in [0.4, 0.5) is 4.79 Å². The highest BCUT2D eigenvalue weighted by atomic mass is 16.2. The molecule has 2 fully saturated rings. The SMILES string of the molecule is CC(C1CC1)N(Cc1ccccc1)C(=O)CN1C(=O)NC(c2cccc3ccccc23)C1=O. The normalized spacial score (nSPS) is 18.9. The summed E-state index contributed by atoms with van der Waals surface area (Å²) in [5.41, 5.74) is 1.78. The number of carbonyl (C=O) groups is 3. The Hall–Kier alpha value is -3.67. The molecule has 3 aromatic carbocycles. The van der Waals surface area contributed by atoms with Gasteiger partial charge in [-0.1, -0.05) is 72.8 Å². The van der Waals surface area contributed by atoms with Crippen molar-refractivity contribution in [3.63, 3.8) is 0 Å². The van der Waals surface area contributed by atoms with E-state index in [9.17, 15) is 14.4 Å². The molecule has 5 rings (SSSR count). The monoisotopic (exact) mass is 441 g/mol. The second-order valence-electron chi connectivity index (χ2n) is 8.96. The maximum absolute atomic E-state index is 13.4. The summed E-state index contributed by atoms with van der Waals surface area (Å²) in [5.74, 6) is -0.118. The maximum Gasteiger partial charge on any atom is 0.325 e. The Bertz CT molecular complexity index is 1200. The van der Waals surface area contributed by atoms with Gasteiger partial charge in [-0.3, -0.25) is 14.5 Å². The van der Waals surface area contributed by atoms with Crippen molar-refractivity contribution < 1.29 is 14.4 Å². The molecule has 3 aromatic rings. The van der Waals surface area contributed by atoms with Crippen LogP contribution in [0.1, 0.15) is 36.9 Å². The van der Waals surface area contributed by atoms with E-state index in [0.717, 1.165) is 39.6 Å². The molecule has 1 saturated heterocycles. The van der Waals surface area contributed by atoms with Crippen LogP contribution < -0.4 is 5.32 Å². The van der Waals surface area contributed by atoms with E-state index < -0.39 is 12.1 Å². The molecule has 1 heterocycles. The summed E-state index contributed by atoms with van der Waals surface area (Å²) >= 11 is 0. The van der Waals surface area contributed by atoms with Gasteiger partial charge in [0.15, 0.2) is 0 Å². The first kappa shape index (κ1) is 21.2. The van der Waals surface area contributed by atoms with Crippen molar-refractivity contribution in [1.29, 1.82) is 0 Å². The predicted molar refractivity (Wildman–Crippen MR) is 126 cm³/mol. The zero-order valence-corrected chi connectivity index (χ0v) is 18.6. The molecule has 1 aliphatic carbocycles. The molecule has 0 spiro atoms. The van der Waals surface area contributed by atoms with Crippen LogP contribution in [0.2, 0.25) is 0 Å². The van der Waals surface area contributed by atoms with E-state index in [1.807, 2.05) is 77.7 Å². The molecular formula is C27H27N3O3.